The van der Waals surface area contributed by atoms with Crippen molar-refractivity contribution in [2.75, 3.05) is 0 Å². The Labute approximate surface area is 112 Å². The number of hydrogen-bond acceptors (Lipinski definition) is 2. The lowest BCUT2D eigenvalue weighted by molar-refractivity contribution is 0.436. The van der Waals surface area contributed by atoms with Gasteiger partial charge >= 0.3 is 0 Å². The molecule has 0 radical (unpaired) electrons. The minimum atomic E-state index is 0.705. The number of nitrogens with zero attached hydrogens (tertiary/aromatic N) is 1. The Kier molecular flexibility index (Phi) is 3.69. The quantitative estimate of drug-likeness (QED) is 0.871. The molecule has 2 aromatic rings. The molecule has 0 saturated heterocycles. The fourth-order valence-corrected chi connectivity index (χ4v) is 3.41. The largest absolute Gasteiger partial charge is 0.281 e. The van der Waals surface area contributed by atoms with Gasteiger partial charge in [-0.05, 0) is 31.0 Å². The summed E-state index contributed by atoms with van der Waals surface area (Å²) in [6.45, 7) is 0. The van der Waals surface area contributed by atoms with Crippen LogP contribution < -0.4 is 0 Å². The Morgan fingerprint density at radius 1 is 1.06 bits per heavy atom. The maximum Gasteiger partial charge on any atom is 0.123 e. The first-order valence-electron chi connectivity index (χ1n) is 6.70. The summed E-state index contributed by atoms with van der Waals surface area (Å²) >= 11 is 1.73. The standard InChI is InChI=1S/C15H18N2S/c1-3-7-12(8-4-1)14-11-15(17-16-14)18-13-9-5-2-6-10-13/h2,5-6,9-12H,1,3-4,7-8H2,(H,16,17). The summed E-state index contributed by atoms with van der Waals surface area (Å²) in [4.78, 5) is 1.25. The summed E-state index contributed by atoms with van der Waals surface area (Å²) < 4.78 is 0. The molecular weight excluding hydrogens is 240 g/mol. The molecule has 1 aromatic carbocycles. The topological polar surface area (TPSA) is 28.7 Å². The van der Waals surface area contributed by atoms with Gasteiger partial charge in [0.1, 0.15) is 5.03 Å². The van der Waals surface area contributed by atoms with Gasteiger partial charge in [0.05, 0.1) is 0 Å². The third-order valence-corrected chi connectivity index (χ3v) is 4.51. The summed E-state index contributed by atoms with van der Waals surface area (Å²) in [6.07, 6.45) is 6.77. The number of benzene rings is 1. The van der Waals surface area contributed by atoms with Crippen LogP contribution in [0, 0.1) is 0 Å². The Morgan fingerprint density at radius 2 is 1.83 bits per heavy atom. The normalized spacial score (nSPS) is 16.9. The van der Waals surface area contributed by atoms with Crippen molar-refractivity contribution in [3.8, 4) is 0 Å². The van der Waals surface area contributed by atoms with Crippen LogP contribution in [0.15, 0.2) is 46.3 Å². The molecule has 3 heteroatoms. The van der Waals surface area contributed by atoms with Gasteiger partial charge in [0.25, 0.3) is 0 Å². The lowest BCUT2D eigenvalue weighted by Crippen LogP contribution is -2.04. The van der Waals surface area contributed by atoms with E-state index in [0.29, 0.717) is 5.92 Å². The van der Waals surface area contributed by atoms with Gasteiger partial charge < -0.3 is 0 Å². The Bertz CT molecular complexity index is 486. The van der Waals surface area contributed by atoms with E-state index in [4.69, 9.17) is 0 Å². The van der Waals surface area contributed by atoms with Crippen LogP contribution in [0.1, 0.15) is 43.7 Å². The Balaban J connectivity index is 1.69. The molecule has 1 aromatic heterocycles. The highest BCUT2D eigenvalue weighted by atomic mass is 32.2. The smallest absolute Gasteiger partial charge is 0.123 e. The molecule has 1 fully saturated rings. The molecule has 18 heavy (non-hydrogen) atoms. The van der Waals surface area contributed by atoms with Crippen LogP contribution in [-0.2, 0) is 0 Å². The first-order valence-corrected chi connectivity index (χ1v) is 7.52. The molecule has 3 rings (SSSR count). The molecule has 0 atom stereocenters. The summed E-state index contributed by atoms with van der Waals surface area (Å²) in [6, 6.07) is 12.7. The van der Waals surface area contributed by atoms with E-state index in [0.717, 1.165) is 5.03 Å². The van der Waals surface area contributed by atoms with Crippen molar-refractivity contribution >= 4 is 11.8 Å². The molecule has 94 valence electrons. The molecule has 1 aliphatic carbocycles. The van der Waals surface area contributed by atoms with E-state index < -0.39 is 0 Å². The summed E-state index contributed by atoms with van der Waals surface area (Å²) in [5, 5.41) is 8.73. The van der Waals surface area contributed by atoms with E-state index in [9.17, 15) is 0 Å². The average Bonchev–Trinajstić information content (AvgIpc) is 2.89. The second-order valence-corrected chi connectivity index (χ2v) is 6.01. The SMILES string of the molecule is c1ccc(Sc2cc(C3CCCCC3)[nH]n2)cc1. The van der Waals surface area contributed by atoms with E-state index in [1.54, 1.807) is 11.8 Å². The molecule has 0 amide bonds. The minimum Gasteiger partial charge on any atom is -0.281 e. The molecule has 0 bridgehead atoms. The number of H-pyrrole nitrogens is 1. The predicted octanol–water partition coefficient (Wildman–Crippen LogP) is 4.61. The van der Waals surface area contributed by atoms with Gasteiger partial charge in [-0.15, -0.1) is 0 Å². The van der Waals surface area contributed by atoms with Crippen LogP contribution in [0.25, 0.3) is 0 Å². The van der Waals surface area contributed by atoms with Crippen LogP contribution in [0.2, 0.25) is 0 Å². The third-order valence-electron chi connectivity index (χ3n) is 3.58. The fourth-order valence-electron chi connectivity index (χ4n) is 2.60. The lowest BCUT2D eigenvalue weighted by atomic mass is 9.87. The highest BCUT2D eigenvalue weighted by Crippen LogP contribution is 2.34. The van der Waals surface area contributed by atoms with Gasteiger partial charge in [0.2, 0.25) is 0 Å². The van der Waals surface area contributed by atoms with Crippen molar-refractivity contribution in [2.45, 2.75) is 47.9 Å². The van der Waals surface area contributed by atoms with E-state index in [-0.39, 0.29) is 0 Å². The van der Waals surface area contributed by atoms with Crippen LogP contribution in [0.4, 0.5) is 0 Å². The predicted molar refractivity (Wildman–Crippen MR) is 75.0 cm³/mol. The number of aromatic amines is 1. The zero-order chi connectivity index (χ0) is 12.2. The van der Waals surface area contributed by atoms with Crippen molar-refractivity contribution in [1.82, 2.24) is 10.2 Å². The van der Waals surface area contributed by atoms with Gasteiger partial charge in [-0.1, -0.05) is 49.2 Å². The number of rotatable bonds is 3. The second-order valence-electron chi connectivity index (χ2n) is 4.91. The van der Waals surface area contributed by atoms with E-state index in [1.807, 2.05) is 6.07 Å². The summed E-state index contributed by atoms with van der Waals surface area (Å²) in [5.74, 6) is 0.705. The van der Waals surface area contributed by atoms with Crippen LogP contribution >= 0.6 is 11.8 Å². The molecule has 1 saturated carbocycles. The van der Waals surface area contributed by atoms with Gasteiger partial charge in [0.15, 0.2) is 0 Å². The maximum atomic E-state index is 4.42. The Hall–Kier alpha value is -1.22. The molecule has 1 N–H and O–H groups in total. The van der Waals surface area contributed by atoms with Crippen molar-refractivity contribution in [2.24, 2.45) is 0 Å². The third kappa shape index (κ3) is 2.78. The summed E-state index contributed by atoms with van der Waals surface area (Å²) in [5.41, 5.74) is 1.33. The molecule has 0 spiro atoms. The van der Waals surface area contributed by atoms with Crippen molar-refractivity contribution in [3.05, 3.63) is 42.1 Å². The van der Waals surface area contributed by atoms with Crippen LogP contribution in [0.3, 0.4) is 0 Å². The lowest BCUT2D eigenvalue weighted by Gasteiger charge is -2.19. The van der Waals surface area contributed by atoms with Crippen molar-refractivity contribution < 1.29 is 0 Å². The van der Waals surface area contributed by atoms with E-state index in [2.05, 4.69) is 40.5 Å². The van der Waals surface area contributed by atoms with Gasteiger partial charge in [-0.2, -0.15) is 5.10 Å². The van der Waals surface area contributed by atoms with Crippen LogP contribution in [0.5, 0.6) is 0 Å². The second kappa shape index (κ2) is 5.61. The van der Waals surface area contributed by atoms with Gasteiger partial charge in [-0.25, -0.2) is 0 Å². The number of hydrogen-bond donors (Lipinski definition) is 1. The average molecular weight is 258 g/mol. The van der Waals surface area contributed by atoms with Crippen molar-refractivity contribution in [3.63, 3.8) is 0 Å². The highest BCUT2D eigenvalue weighted by molar-refractivity contribution is 7.99. The van der Waals surface area contributed by atoms with E-state index in [1.165, 1.54) is 42.7 Å². The number of aromatic nitrogens is 2. The molecule has 2 nitrogen and oxygen atoms in total. The highest BCUT2D eigenvalue weighted by Gasteiger charge is 2.17. The first-order chi connectivity index (χ1) is 8.92. The van der Waals surface area contributed by atoms with E-state index >= 15 is 0 Å². The zero-order valence-electron chi connectivity index (χ0n) is 10.4. The Morgan fingerprint density at radius 3 is 2.61 bits per heavy atom. The minimum absolute atomic E-state index is 0.705. The van der Waals surface area contributed by atoms with Crippen molar-refractivity contribution in [1.29, 1.82) is 0 Å². The molecule has 0 aliphatic heterocycles. The number of nitrogens with one attached hydrogen (secondary N) is 1. The molecule has 1 aliphatic rings. The van der Waals surface area contributed by atoms with Gasteiger partial charge in [0, 0.05) is 16.5 Å². The first kappa shape index (κ1) is 11.8. The van der Waals surface area contributed by atoms with Crippen LogP contribution in [-0.4, -0.2) is 10.2 Å². The molecule has 0 unspecified atom stereocenters. The molecular formula is C15H18N2S. The summed E-state index contributed by atoms with van der Waals surface area (Å²) in [7, 11) is 0. The van der Waals surface area contributed by atoms with Gasteiger partial charge in [-0.3, -0.25) is 5.10 Å². The monoisotopic (exact) mass is 258 g/mol. The zero-order valence-corrected chi connectivity index (χ0v) is 11.2. The molecule has 1 heterocycles. The fraction of sp³-hybridized carbons (Fsp3) is 0.400. The maximum absolute atomic E-state index is 4.42.